The summed E-state index contributed by atoms with van der Waals surface area (Å²) in [5.41, 5.74) is 0.654. The van der Waals surface area contributed by atoms with E-state index in [4.69, 9.17) is 5.11 Å². The first-order valence-electron chi connectivity index (χ1n) is 4.91. The van der Waals surface area contributed by atoms with Crippen LogP contribution in [0.4, 0.5) is 10.1 Å². The third kappa shape index (κ3) is 3.20. The van der Waals surface area contributed by atoms with Crippen molar-refractivity contribution in [1.82, 2.24) is 5.32 Å². The summed E-state index contributed by atoms with van der Waals surface area (Å²) in [6.07, 6.45) is 0. The van der Waals surface area contributed by atoms with Gasteiger partial charge in [-0.1, -0.05) is 6.07 Å². The van der Waals surface area contributed by atoms with E-state index in [1.807, 2.05) is 0 Å². The summed E-state index contributed by atoms with van der Waals surface area (Å²) in [7, 11) is 3.31. The van der Waals surface area contributed by atoms with Crippen molar-refractivity contribution in [2.24, 2.45) is 0 Å². The van der Waals surface area contributed by atoms with E-state index in [1.54, 1.807) is 31.1 Å². The minimum absolute atomic E-state index is 0.273. The molecule has 1 aromatic rings. The molecule has 16 heavy (non-hydrogen) atoms. The van der Waals surface area contributed by atoms with Crippen molar-refractivity contribution in [2.45, 2.75) is 6.04 Å². The second-order valence-electron chi connectivity index (χ2n) is 3.54. The molecule has 0 bridgehead atoms. The number of hydrogen-bond acceptors (Lipinski definition) is 3. The van der Waals surface area contributed by atoms with E-state index >= 15 is 0 Å². The maximum Gasteiger partial charge on any atom is 0.322 e. The molecule has 0 amide bonds. The number of hydrogen-bond donors (Lipinski definition) is 2. The van der Waals surface area contributed by atoms with Gasteiger partial charge >= 0.3 is 5.97 Å². The lowest BCUT2D eigenvalue weighted by Crippen LogP contribution is -2.43. The second-order valence-corrected chi connectivity index (χ2v) is 3.54. The highest BCUT2D eigenvalue weighted by atomic mass is 19.1. The highest BCUT2D eigenvalue weighted by Crippen LogP contribution is 2.13. The zero-order chi connectivity index (χ0) is 12.1. The fraction of sp³-hybridized carbons (Fsp3) is 0.364. The summed E-state index contributed by atoms with van der Waals surface area (Å²) < 4.78 is 12.9. The van der Waals surface area contributed by atoms with Crippen LogP contribution in [0.3, 0.4) is 0 Å². The lowest BCUT2D eigenvalue weighted by molar-refractivity contribution is -0.139. The van der Waals surface area contributed by atoms with Gasteiger partial charge in [0.25, 0.3) is 0 Å². The number of aliphatic carboxylic acids is 1. The first-order chi connectivity index (χ1) is 7.54. The number of carbonyl (C=O) groups is 1. The number of carboxylic acid groups (broad SMARTS) is 1. The summed E-state index contributed by atoms with van der Waals surface area (Å²) in [5, 5.41) is 11.5. The molecule has 1 rings (SSSR count). The first kappa shape index (κ1) is 12.4. The molecule has 2 N–H and O–H groups in total. The highest BCUT2D eigenvalue weighted by Gasteiger charge is 2.17. The van der Waals surface area contributed by atoms with E-state index in [0.717, 1.165) is 0 Å². The summed E-state index contributed by atoms with van der Waals surface area (Å²) in [5.74, 6) is -1.26. The van der Waals surface area contributed by atoms with Crippen molar-refractivity contribution in [3.63, 3.8) is 0 Å². The number of likely N-dealkylation sites (N-methyl/N-ethyl adjacent to an activating group) is 2. The number of carboxylic acids is 1. The first-order valence-corrected chi connectivity index (χ1v) is 4.91. The third-order valence-electron chi connectivity index (χ3n) is 2.35. The smallest absolute Gasteiger partial charge is 0.322 e. The maximum absolute atomic E-state index is 12.9. The Morgan fingerprint density at radius 3 is 2.81 bits per heavy atom. The molecule has 0 saturated carbocycles. The van der Waals surface area contributed by atoms with E-state index in [9.17, 15) is 9.18 Å². The van der Waals surface area contributed by atoms with Gasteiger partial charge in [0.2, 0.25) is 0 Å². The third-order valence-corrected chi connectivity index (χ3v) is 2.35. The molecule has 88 valence electrons. The fourth-order valence-corrected chi connectivity index (χ4v) is 1.39. The number of rotatable bonds is 5. The Morgan fingerprint density at radius 1 is 1.62 bits per heavy atom. The summed E-state index contributed by atoms with van der Waals surface area (Å²) >= 11 is 0. The minimum atomic E-state index is -0.925. The van der Waals surface area contributed by atoms with Crippen molar-refractivity contribution in [2.75, 3.05) is 25.5 Å². The largest absolute Gasteiger partial charge is 0.480 e. The van der Waals surface area contributed by atoms with Gasteiger partial charge in [-0.25, -0.2) is 4.39 Å². The quantitative estimate of drug-likeness (QED) is 0.784. The molecule has 1 atom stereocenters. The van der Waals surface area contributed by atoms with Crippen LogP contribution in [0.1, 0.15) is 0 Å². The molecule has 0 radical (unpaired) electrons. The number of nitrogens with zero attached hydrogens (tertiary/aromatic N) is 1. The Morgan fingerprint density at radius 2 is 2.31 bits per heavy atom. The van der Waals surface area contributed by atoms with Crippen molar-refractivity contribution in [1.29, 1.82) is 0 Å². The van der Waals surface area contributed by atoms with Gasteiger partial charge in [-0.3, -0.25) is 4.79 Å². The van der Waals surface area contributed by atoms with E-state index in [1.165, 1.54) is 12.1 Å². The number of benzene rings is 1. The van der Waals surface area contributed by atoms with Gasteiger partial charge in [0, 0.05) is 19.3 Å². The standard InChI is InChI=1S/C11H15FN2O2/c1-13-10(11(15)16)7-14(2)9-5-3-4-8(12)6-9/h3-6,10,13H,7H2,1-2H3,(H,15,16). The van der Waals surface area contributed by atoms with Gasteiger partial charge in [-0.15, -0.1) is 0 Å². The molecular weight excluding hydrogens is 211 g/mol. The van der Waals surface area contributed by atoms with Crippen molar-refractivity contribution in [3.8, 4) is 0 Å². The molecule has 5 heteroatoms. The van der Waals surface area contributed by atoms with E-state index in [0.29, 0.717) is 5.69 Å². The Kier molecular flexibility index (Phi) is 4.25. The van der Waals surface area contributed by atoms with Crippen LogP contribution in [0, 0.1) is 5.82 Å². The molecule has 4 nitrogen and oxygen atoms in total. The molecule has 0 aliphatic heterocycles. The highest BCUT2D eigenvalue weighted by molar-refractivity contribution is 5.74. The van der Waals surface area contributed by atoms with Crippen molar-refractivity contribution >= 4 is 11.7 Å². The van der Waals surface area contributed by atoms with Crippen molar-refractivity contribution < 1.29 is 14.3 Å². The van der Waals surface area contributed by atoms with E-state index in [-0.39, 0.29) is 12.4 Å². The predicted octanol–water partition coefficient (Wildman–Crippen LogP) is 0.934. The van der Waals surface area contributed by atoms with Crippen LogP contribution in [-0.4, -0.2) is 37.8 Å². The minimum Gasteiger partial charge on any atom is -0.480 e. The molecule has 0 fully saturated rings. The van der Waals surface area contributed by atoms with Gasteiger partial charge in [0.15, 0.2) is 0 Å². The van der Waals surface area contributed by atoms with Crippen LogP contribution >= 0.6 is 0 Å². The predicted molar refractivity (Wildman–Crippen MR) is 60.2 cm³/mol. The molecule has 0 saturated heterocycles. The van der Waals surface area contributed by atoms with Crippen LogP contribution in [0.25, 0.3) is 0 Å². The summed E-state index contributed by atoms with van der Waals surface area (Å²) in [6.45, 7) is 0.273. The average Bonchev–Trinajstić information content (AvgIpc) is 2.25. The van der Waals surface area contributed by atoms with Crippen LogP contribution in [0.2, 0.25) is 0 Å². The van der Waals surface area contributed by atoms with Crippen molar-refractivity contribution in [3.05, 3.63) is 30.1 Å². The van der Waals surface area contributed by atoms with Gasteiger partial charge in [0.05, 0.1) is 0 Å². The normalized spacial score (nSPS) is 12.2. The van der Waals surface area contributed by atoms with E-state index in [2.05, 4.69) is 5.32 Å². The summed E-state index contributed by atoms with van der Waals surface area (Å²) in [4.78, 5) is 12.5. The molecule has 0 heterocycles. The van der Waals surface area contributed by atoms with Gasteiger partial charge in [-0.05, 0) is 25.2 Å². The molecular formula is C11H15FN2O2. The van der Waals surface area contributed by atoms with Gasteiger partial charge in [-0.2, -0.15) is 0 Å². The molecule has 0 spiro atoms. The average molecular weight is 226 g/mol. The molecule has 1 aromatic carbocycles. The molecule has 1 unspecified atom stereocenters. The lowest BCUT2D eigenvalue weighted by Gasteiger charge is -2.23. The Hall–Kier alpha value is -1.62. The Bertz CT molecular complexity index is 371. The van der Waals surface area contributed by atoms with E-state index < -0.39 is 12.0 Å². The summed E-state index contributed by atoms with van der Waals surface area (Å²) in [6, 6.07) is 5.38. The topological polar surface area (TPSA) is 52.6 Å². The Labute approximate surface area is 93.7 Å². The van der Waals surface area contributed by atoms with Crippen LogP contribution < -0.4 is 10.2 Å². The molecule has 0 aliphatic rings. The maximum atomic E-state index is 12.9. The van der Waals surface area contributed by atoms with Gasteiger partial charge in [0.1, 0.15) is 11.9 Å². The van der Waals surface area contributed by atoms with Crippen LogP contribution in [-0.2, 0) is 4.79 Å². The number of anilines is 1. The number of nitrogens with one attached hydrogen (secondary N) is 1. The second kappa shape index (κ2) is 5.46. The van der Waals surface area contributed by atoms with Gasteiger partial charge < -0.3 is 15.3 Å². The molecule has 0 aliphatic carbocycles. The number of halogens is 1. The monoisotopic (exact) mass is 226 g/mol. The lowest BCUT2D eigenvalue weighted by atomic mass is 10.2. The van der Waals surface area contributed by atoms with Crippen LogP contribution in [0.5, 0.6) is 0 Å². The molecule has 0 aromatic heterocycles. The Balaban J connectivity index is 2.71. The zero-order valence-electron chi connectivity index (χ0n) is 9.27. The van der Waals surface area contributed by atoms with Crippen LogP contribution in [0.15, 0.2) is 24.3 Å². The fourth-order valence-electron chi connectivity index (χ4n) is 1.39. The SMILES string of the molecule is CNC(CN(C)c1cccc(F)c1)C(=O)O. The zero-order valence-corrected chi connectivity index (χ0v) is 9.27.